The Labute approximate surface area is 123 Å². The molecule has 0 saturated carbocycles. The van der Waals surface area contributed by atoms with Crippen molar-refractivity contribution in [3.63, 3.8) is 0 Å². The Morgan fingerprint density at radius 2 is 2.14 bits per heavy atom. The van der Waals surface area contributed by atoms with Crippen LogP contribution in [0.2, 0.25) is 0 Å². The first-order chi connectivity index (χ1) is 10.3. The van der Waals surface area contributed by atoms with Gasteiger partial charge in [0.25, 0.3) is 0 Å². The van der Waals surface area contributed by atoms with Gasteiger partial charge in [-0.25, -0.2) is 9.97 Å². The van der Waals surface area contributed by atoms with E-state index in [2.05, 4.69) is 27.2 Å². The third-order valence-electron chi connectivity index (χ3n) is 3.49. The summed E-state index contributed by atoms with van der Waals surface area (Å²) in [6.45, 7) is 5.74. The number of nitrogens with zero attached hydrogens (tertiary/aromatic N) is 2. The van der Waals surface area contributed by atoms with E-state index in [1.807, 2.05) is 25.1 Å². The van der Waals surface area contributed by atoms with Crippen molar-refractivity contribution in [3.8, 4) is 5.75 Å². The van der Waals surface area contributed by atoms with E-state index in [4.69, 9.17) is 4.74 Å². The van der Waals surface area contributed by atoms with Gasteiger partial charge in [-0.3, -0.25) is 0 Å². The highest BCUT2D eigenvalue weighted by molar-refractivity contribution is 6.08. The van der Waals surface area contributed by atoms with Crippen molar-refractivity contribution in [2.75, 3.05) is 18.5 Å². The van der Waals surface area contributed by atoms with Crippen LogP contribution in [-0.4, -0.2) is 28.1 Å². The molecule has 21 heavy (non-hydrogen) atoms. The SMILES string of the molecule is CCCCNc1ncnc2c1[nH]c1ccc(OCC)cc12. The zero-order valence-corrected chi connectivity index (χ0v) is 12.4. The Morgan fingerprint density at radius 1 is 1.24 bits per heavy atom. The van der Waals surface area contributed by atoms with Gasteiger partial charge in [0.1, 0.15) is 23.1 Å². The van der Waals surface area contributed by atoms with E-state index in [0.717, 1.165) is 52.9 Å². The van der Waals surface area contributed by atoms with Crippen molar-refractivity contribution in [1.82, 2.24) is 15.0 Å². The van der Waals surface area contributed by atoms with Gasteiger partial charge in [0, 0.05) is 17.4 Å². The van der Waals surface area contributed by atoms with Crippen LogP contribution in [0.5, 0.6) is 5.75 Å². The molecule has 1 aromatic carbocycles. The van der Waals surface area contributed by atoms with Gasteiger partial charge >= 0.3 is 0 Å². The summed E-state index contributed by atoms with van der Waals surface area (Å²) >= 11 is 0. The quantitative estimate of drug-likeness (QED) is 0.677. The third kappa shape index (κ3) is 2.63. The predicted molar refractivity (Wildman–Crippen MR) is 86.0 cm³/mol. The average molecular weight is 284 g/mol. The molecule has 5 nitrogen and oxygen atoms in total. The van der Waals surface area contributed by atoms with Crippen LogP contribution in [0.25, 0.3) is 21.9 Å². The number of unbranched alkanes of at least 4 members (excludes halogenated alkanes) is 1. The number of aromatic nitrogens is 3. The maximum atomic E-state index is 5.57. The fourth-order valence-corrected chi connectivity index (χ4v) is 2.45. The molecule has 3 aromatic rings. The van der Waals surface area contributed by atoms with Gasteiger partial charge in [-0.15, -0.1) is 0 Å². The van der Waals surface area contributed by atoms with Gasteiger partial charge in [0.05, 0.1) is 6.61 Å². The van der Waals surface area contributed by atoms with E-state index < -0.39 is 0 Å². The number of hydrogen-bond donors (Lipinski definition) is 2. The van der Waals surface area contributed by atoms with E-state index in [1.165, 1.54) is 0 Å². The first-order valence-electron chi connectivity index (χ1n) is 7.46. The molecule has 5 heteroatoms. The van der Waals surface area contributed by atoms with Crippen LogP contribution in [0.15, 0.2) is 24.5 Å². The van der Waals surface area contributed by atoms with Crippen LogP contribution in [0, 0.1) is 0 Å². The number of H-pyrrole nitrogens is 1. The topological polar surface area (TPSA) is 62.8 Å². The molecule has 2 aromatic heterocycles. The highest BCUT2D eigenvalue weighted by Gasteiger charge is 2.11. The summed E-state index contributed by atoms with van der Waals surface area (Å²) in [5, 5.41) is 4.44. The maximum absolute atomic E-state index is 5.57. The van der Waals surface area contributed by atoms with Crippen LogP contribution in [0.1, 0.15) is 26.7 Å². The Balaban J connectivity index is 2.05. The Kier molecular flexibility index (Phi) is 3.90. The molecule has 3 rings (SSSR count). The van der Waals surface area contributed by atoms with Crippen LogP contribution in [-0.2, 0) is 0 Å². The van der Waals surface area contributed by atoms with Crippen molar-refractivity contribution >= 4 is 27.8 Å². The lowest BCUT2D eigenvalue weighted by Gasteiger charge is -2.04. The molecule has 2 heterocycles. The first-order valence-corrected chi connectivity index (χ1v) is 7.46. The van der Waals surface area contributed by atoms with Gasteiger partial charge in [0.2, 0.25) is 0 Å². The molecular formula is C16H20N4O. The first kappa shape index (κ1) is 13.7. The monoisotopic (exact) mass is 284 g/mol. The lowest BCUT2D eigenvalue weighted by molar-refractivity contribution is 0.341. The van der Waals surface area contributed by atoms with E-state index in [-0.39, 0.29) is 0 Å². The Bertz CT molecular complexity index is 750. The Morgan fingerprint density at radius 3 is 2.95 bits per heavy atom. The number of fused-ring (bicyclic) bond motifs is 3. The highest BCUT2D eigenvalue weighted by atomic mass is 16.5. The van der Waals surface area contributed by atoms with Gasteiger partial charge in [-0.2, -0.15) is 0 Å². The van der Waals surface area contributed by atoms with Crippen LogP contribution < -0.4 is 10.1 Å². The highest BCUT2D eigenvalue weighted by Crippen LogP contribution is 2.29. The number of aromatic amines is 1. The number of benzene rings is 1. The van der Waals surface area contributed by atoms with Crippen LogP contribution >= 0.6 is 0 Å². The second-order valence-corrected chi connectivity index (χ2v) is 4.99. The van der Waals surface area contributed by atoms with Gasteiger partial charge in [0.15, 0.2) is 5.82 Å². The van der Waals surface area contributed by atoms with Crippen LogP contribution in [0.4, 0.5) is 5.82 Å². The predicted octanol–water partition coefficient (Wildman–Crippen LogP) is 3.72. The Hall–Kier alpha value is -2.30. The number of nitrogens with one attached hydrogen (secondary N) is 2. The number of hydrogen-bond acceptors (Lipinski definition) is 4. The molecule has 0 spiro atoms. The molecule has 0 fully saturated rings. The fraction of sp³-hybridized carbons (Fsp3) is 0.375. The molecule has 0 unspecified atom stereocenters. The second-order valence-electron chi connectivity index (χ2n) is 4.99. The molecule has 0 amide bonds. The van der Waals surface area contributed by atoms with Crippen molar-refractivity contribution in [1.29, 1.82) is 0 Å². The van der Waals surface area contributed by atoms with E-state index >= 15 is 0 Å². The summed E-state index contributed by atoms with van der Waals surface area (Å²) in [5.74, 6) is 1.73. The summed E-state index contributed by atoms with van der Waals surface area (Å²) in [6.07, 6.45) is 3.89. The minimum absolute atomic E-state index is 0.659. The summed E-state index contributed by atoms with van der Waals surface area (Å²) < 4.78 is 5.57. The lowest BCUT2D eigenvalue weighted by Crippen LogP contribution is -2.03. The van der Waals surface area contributed by atoms with Crippen molar-refractivity contribution < 1.29 is 4.74 Å². The summed E-state index contributed by atoms with van der Waals surface area (Å²) in [6, 6.07) is 6.02. The molecule has 0 bridgehead atoms. The van der Waals surface area contributed by atoms with Crippen LogP contribution in [0.3, 0.4) is 0 Å². The summed E-state index contributed by atoms with van der Waals surface area (Å²) in [4.78, 5) is 12.2. The number of ether oxygens (including phenoxy) is 1. The zero-order valence-electron chi connectivity index (χ0n) is 12.4. The van der Waals surface area contributed by atoms with Gasteiger partial charge in [-0.1, -0.05) is 13.3 Å². The molecular weight excluding hydrogens is 264 g/mol. The normalized spacial score (nSPS) is 11.1. The van der Waals surface area contributed by atoms with Crippen molar-refractivity contribution in [3.05, 3.63) is 24.5 Å². The van der Waals surface area contributed by atoms with Gasteiger partial charge in [-0.05, 0) is 31.5 Å². The smallest absolute Gasteiger partial charge is 0.153 e. The zero-order chi connectivity index (χ0) is 14.7. The average Bonchev–Trinajstić information content (AvgIpc) is 2.87. The van der Waals surface area contributed by atoms with E-state index in [9.17, 15) is 0 Å². The van der Waals surface area contributed by atoms with E-state index in [0.29, 0.717) is 6.61 Å². The molecule has 2 N–H and O–H groups in total. The number of anilines is 1. The largest absolute Gasteiger partial charge is 0.494 e. The molecule has 0 atom stereocenters. The van der Waals surface area contributed by atoms with Crippen molar-refractivity contribution in [2.24, 2.45) is 0 Å². The molecule has 0 aliphatic heterocycles. The minimum Gasteiger partial charge on any atom is -0.494 e. The maximum Gasteiger partial charge on any atom is 0.153 e. The molecule has 0 aliphatic carbocycles. The molecule has 0 saturated heterocycles. The molecule has 0 aliphatic rings. The van der Waals surface area contributed by atoms with E-state index in [1.54, 1.807) is 6.33 Å². The molecule has 0 radical (unpaired) electrons. The summed E-state index contributed by atoms with van der Waals surface area (Å²) in [5.41, 5.74) is 2.94. The third-order valence-corrected chi connectivity index (χ3v) is 3.49. The van der Waals surface area contributed by atoms with Crippen molar-refractivity contribution in [2.45, 2.75) is 26.7 Å². The standard InChI is InChI=1S/C16H20N4O/c1-3-5-8-17-16-15-14(18-10-19-16)12-9-11(21-4-2)6-7-13(12)20-15/h6-7,9-10,20H,3-5,8H2,1-2H3,(H,17,18,19). The fourth-order valence-electron chi connectivity index (χ4n) is 2.45. The summed E-state index contributed by atoms with van der Waals surface area (Å²) in [7, 11) is 0. The van der Waals surface area contributed by atoms with Gasteiger partial charge < -0.3 is 15.0 Å². The molecule has 110 valence electrons. The lowest BCUT2D eigenvalue weighted by atomic mass is 10.2. The number of rotatable bonds is 6. The second kappa shape index (κ2) is 5.99. The minimum atomic E-state index is 0.659.